The lowest BCUT2D eigenvalue weighted by Crippen LogP contribution is -2.40. The van der Waals surface area contributed by atoms with Crippen molar-refractivity contribution in [2.75, 3.05) is 5.32 Å². The van der Waals surface area contributed by atoms with Gasteiger partial charge in [-0.25, -0.2) is 0 Å². The second-order valence-electron chi connectivity index (χ2n) is 6.34. The summed E-state index contributed by atoms with van der Waals surface area (Å²) in [5, 5.41) is 6.64. The summed E-state index contributed by atoms with van der Waals surface area (Å²) in [6.07, 6.45) is 6.15. The molecule has 4 heteroatoms. The van der Waals surface area contributed by atoms with Crippen LogP contribution in [0.5, 0.6) is 0 Å². The van der Waals surface area contributed by atoms with Gasteiger partial charge in [-0.05, 0) is 56.2 Å². The highest BCUT2D eigenvalue weighted by molar-refractivity contribution is 5.95. The van der Waals surface area contributed by atoms with Crippen molar-refractivity contribution < 1.29 is 4.79 Å². The van der Waals surface area contributed by atoms with Crippen LogP contribution in [0.2, 0.25) is 0 Å². The number of hydrogen-bond acceptors (Lipinski definition) is 2. The van der Waals surface area contributed by atoms with Crippen LogP contribution in [-0.4, -0.2) is 18.0 Å². The summed E-state index contributed by atoms with van der Waals surface area (Å²) < 4.78 is 0. The molecule has 2 N–H and O–H groups in total. The fourth-order valence-electron chi connectivity index (χ4n) is 3.63. The molecule has 3 unspecified atom stereocenters. The molecule has 2 aliphatic rings. The monoisotopic (exact) mass is 308 g/mol. The number of anilines is 1. The maximum Gasteiger partial charge on any atom is 0.241 e. The number of amides is 1. The van der Waals surface area contributed by atoms with Crippen molar-refractivity contribution in [2.24, 2.45) is 5.92 Å². The fraction of sp³-hybridized carbons (Fsp3) is 0.588. The zero-order valence-electron chi connectivity index (χ0n) is 12.8. The van der Waals surface area contributed by atoms with Crippen molar-refractivity contribution in [3.8, 4) is 0 Å². The van der Waals surface area contributed by atoms with Crippen LogP contribution in [0.1, 0.15) is 43.2 Å². The molecule has 0 radical (unpaired) electrons. The first kappa shape index (κ1) is 16.3. The summed E-state index contributed by atoms with van der Waals surface area (Å²) in [7, 11) is 0. The van der Waals surface area contributed by atoms with Gasteiger partial charge in [-0.15, -0.1) is 12.4 Å². The lowest BCUT2D eigenvalue weighted by atomic mass is 9.85. The summed E-state index contributed by atoms with van der Waals surface area (Å²) in [5.74, 6) is 0.839. The Kier molecular flexibility index (Phi) is 5.28. The molecule has 21 heavy (non-hydrogen) atoms. The third-order valence-corrected chi connectivity index (χ3v) is 5.04. The highest BCUT2D eigenvalue weighted by Crippen LogP contribution is 2.33. The number of benzene rings is 1. The molecule has 1 saturated heterocycles. The van der Waals surface area contributed by atoms with E-state index in [9.17, 15) is 4.79 Å². The van der Waals surface area contributed by atoms with Gasteiger partial charge < -0.3 is 10.6 Å². The van der Waals surface area contributed by atoms with Gasteiger partial charge in [-0.2, -0.15) is 0 Å². The van der Waals surface area contributed by atoms with E-state index in [0.29, 0.717) is 12.0 Å². The van der Waals surface area contributed by atoms with E-state index in [2.05, 4.69) is 30.5 Å². The Hall–Kier alpha value is -1.06. The van der Waals surface area contributed by atoms with Gasteiger partial charge in [0.05, 0.1) is 6.04 Å². The number of hydrogen-bond donors (Lipinski definition) is 2. The van der Waals surface area contributed by atoms with E-state index in [1.54, 1.807) is 0 Å². The zero-order chi connectivity index (χ0) is 14.1. The van der Waals surface area contributed by atoms with E-state index in [0.717, 1.165) is 17.7 Å². The molecular formula is C17H25ClN2O. The molecule has 116 valence electrons. The maximum atomic E-state index is 12.4. The molecule has 2 fully saturated rings. The molecular weight excluding hydrogens is 284 g/mol. The van der Waals surface area contributed by atoms with E-state index in [-0.39, 0.29) is 24.4 Å². The number of carbonyl (C=O) groups excluding carboxylic acids is 1. The van der Waals surface area contributed by atoms with Crippen LogP contribution < -0.4 is 10.6 Å². The Morgan fingerprint density at radius 1 is 1.24 bits per heavy atom. The van der Waals surface area contributed by atoms with Crippen molar-refractivity contribution in [1.82, 2.24) is 5.32 Å². The van der Waals surface area contributed by atoms with Crippen molar-refractivity contribution in [2.45, 2.75) is 58.0 Å². The van der Waals surface area contributed by atoms with E-state index >= 15 is 0 Å². The van der Waals surface area contributed by atoms with Crippen LogP contribution in [0.3, 0.4) is 0 Å². The molecule has 1 heterocycles. The van der Waals surface area contributed by atoms with Gasteiger partial charge >= 0.3 is 0 Å². The largest absolute Gasteiger partial charge is 0.324 e. The minimum atomic E-state index is -0.0111. The highest BCUT2D eigenvalue weighted by atomic mass is 35.5. The first-order valence-electron chi connectivity index (χ1n) is 7.78. The van der Waals surface area contributed by atoms with Crippen LogP contribution in [-0.2, 0) is 4.79 Å². The molecule has 1 amide bonds. The Labute approximate surface area is 133 Å². The topological polar surface area (TPSA) is 41.1 Å². The Morgan fingerprint density at radius 3 is 2.76 bits per heavy atom. The predicted molar refractivity (Wildman–Crippen MR) is 89.1 cm³/mol. The second-order valence-corrected chi connectivity index (χ2v) is 6.34. The quantitative estimate of drug-likeness (QED) is 0.876. The molecule has 3 nitrogen and oxygen atoms in total. The van der Waals surface area contributed by atoms with E-state index < -0.39 is 0 Å². The number of rotatable bonds is 2. The number of nitrogens with one attached hydrogen (secondary N) is 2. The van der Waals surface area contributed by atoms with Gasteiger partial charge in [0.1, 0.15) is 0 Å². The Balaban J connectivity index is 0.00000161. The predicted octanol–water partition coefficient (Wildman–Crippen LogP) is 3.58. The van der Waals surface area contributed by atoms with Crippen molar-refractivity contribution in [3.63, 3.8) is 0 Å². The van der Waals surface area contributed by atoms with Crippen molar-refractivity contribution >= 4 is 24.0 Å². The van der Waals surface area contributed by atoms with Gasteiger partial charge in [0.25, 0.3) is 0 Å². The zero-order valence-corrected chi connectivity index (χ0v) is 13.6. The molecule has 3 atom stereocenters. The molecule has 0 spiro atoms. The molecule has 1 aromatic carbocycles. The first-order chi connectivity index (χ1) is 9.65. The molecule has 1 saturated carbocycles. The average molecular weight is 309 g/mol. The van der Waals surface area contributed by atoms with E-state index in [1.807, 2.05) is 12.1 Å². The molecule has 0 bridgehead atoms. The van der Waals surface area contributed by atoms with Gasteiger partial charge in [0.15, 0.2) is 0 Å². The van der Waals surface area contributed by atoms with Gasteiger partial charge in [-0.3, -0.25) is 4.79 Å². The van der Waals surface area contributed by atoms with Crippen molar-refractivity contribution in [1.29, 1.82) is 0 Å². The van der Waals surface area contributed by atoms with Crippen molar-refractivity contribution in [3.05, 3.63) is 29.3 Å². The summed E-state index contributed by atoms with van der Waals surface area (Å²) in [5.41, 5.74) is 3.33. The Bertz CT molecular complexity index is 504. The smallest absolute Gasteiger partial charge is 0.241 e. The summed E-state index contributed by atoms with van der Waals surface area (Å²) in [6.45, 7) is 4.14. The maximum absolute atomic E-state index is 12.4. The van der Waals surface area contributed by atoms with E-state index in [1.165, 1.54) is 31.2 Å². The number of aryl methyl sites for hydroxylation is 1. The fourth-order valence-corrected chi connectivity index (χ4v) is 3.63. The van der Waals surface area contributed by atoms with Crippen LogP contribution >= 0.6 is 12.4 Å². The lowest BCUT2D eigenvalue weighted by Gasteiger charge is -2.24. The van der Waals surface area contributed by atoms with Crippen LogP contribution in [0.4, 0.5) is 5.69 Å². The Morgan fingerprint density at radius 2 is 2.00 bits per heavy atom. The van der Waals surface area contributed by atoms with Crippen LogP contribution in [0.15, 0.2) is 18.2 Å². The third kappa shape index (κ3) is 3.41. The first-order valence-corrected chi connectivity index (χ1v) is 7.78. The minimum absolute atomic E-state index is 0. The second kappa shape index (κ2) is 6.80. The molecule has 0 aromatic heterocycles. The summed E-state index contributed by atoms with van der Waals surface area (Å²) >= 11 is 0. The van der Waals surface area contributed by atoms with Gasteiger partial charge in [0, 0.05) is 11.7 Å². The molecule has 1 aliphatic carbocycles. The number of halogens is 1. The SMILES string of the molecule is Cc1cccc(NC(=O)C2CC3CCCCC3N2)c1C.Cl. The van der Waals surface area contributed by atoms with Gasteiger partial charge in [0.2, 0.25) is 5.91 Å². The molecule has 3 rings (SSSR count). The standard InChI is InChI=1S/C17H24N2O.ClH/c1-11-6-5-9-14(12(11)2)19-17(20)16-10-13-7-3-4-8-15(13)18-16;/h5-6,9,13,15-16,18H,3-4,7-8,10H2,1-2H3,(H,19,20);1H. The average Bonchev–Trinajstić information content (AvgIpc) is 2.88. The van der Waals surface area contributed by atoms with Gasteiger partial charge in [-0.1, -0.05) is 25.0 Å². The normalized spacial score (nSPS) is 27.6. The van der Waals surface area contributed by atoms with Crippen LogP contribution in [0, 0.1) is 19.8 Å². The van der Waals surface area contributed by atoms with Crippen LogP contribution in [0.25, 0.3) is 0 Å². The lowest BCUT2D eigenvalue weighted by molar-refractivity contribution is -0.117. The number of fused-ring (bicyclic) bond motifs is 1. The summed E-state index contributed by atoms with van der Waals surface area (Å²) in [6, 6.07) is 6.62. The minimum Gasteiger partial charge on any atom is -0.324 e. The van der Waals surface area contributed by atoms with E-state index in [4.69, 9.17) is 0 Å². The summed E-state index contributed by atoms with van der Waals surface area (Å²) in [4.78, 5) is 12.4. The highest BCUT2D eigenvalue weighted by Gasteiger charge is 2.38. The molecule has 1 aliphatic heterocycles. The number of carbonyl (C=O) groups is 1. The third-order valence-electron chi connectivity index (χ3n) is 5.04. The molecule has 1 aromatic rings.